The van der Waals surface area contributed by atoms with Crippen LogP contribution in [0, 0.1) is 0 Å². The maximum Gasteiger partial charge on any atom is 0.328 e. The zero-order valence-corrected chi connectivity index (χ0v) is 31.7. The van der Waals surface area contributed by atoms with Crippen LogP contribution in [0.5, 0.6) is 0 Å². The van der Waals surface area contributed by atoms with Gasteiger partial charge in [0.25, 0.3) is 0 Å². The number of ether oxygens (including phenoxy) is 4. The molecule has 6 rings (SSSR count). The number of aliphatic carboxylic acids is 1. The van der Waals surface area contributed by atoms with Crippen LogP contribution < -0.4 is 16.0 Å². The molecule has 4 aliphatic rings. The third-order valence-corrected chi connectivity index (χ3v) is 8.17. The highest BCUT2D eigenvalue weighted by molar-refractivity contribution is 5.94. The number of methoxy groups -OCH3 is 2. The number of carbonyl (C=O) groups excluding carboxylic acids is 3. The van der Waals surface area contributed by atoms with Crippen LogP contribution in [-0.2, 0) is 51.0 Å². The minimum Gasteiger partial charge on any atom is -0.478 e. The van der Waals surface area contributed by atoms with E-state index in [1.165, 1.54) is 12.3 Å². The Labute approximate surface area is 322 Å². The van der Waals surface area contributed by atoms with Crippen LogP contribution in [0.3, 0.4) is 0 Å². The summed E-state index contributed by atoms with van der Waals surface area (Å²) < 4.78 is 20.9. The first kappa shape index (κ1) is 45.2. The number of carbonyl (C=O) groups is 4. The number of hydrogen-bond donors (Lipinski definition) is 4. The van der Waals surface area contributed by atoms with E-state index in [0.29, 0.717) is 69.7 Å². The summed E-state index contributed by atoms with van der Waals surface area (Å²) >= 11 is 0. The van der Waals surface area contributed by atoms with E-state index < -0.39 is 5.97 Å². The average molecular weight is 782 g/mol. The molecule has 0 aliphatic carbocycles. The molecule has 15 nitrogen and oxygen atoms in total. The van der Waals surface area contributed by atoms with Gasteiger partial charge in [0.15, 0.2) is 0 Å². The molecule has 53 heavy (non-hydrogen) atoms. The molecule has 4 N–H and O–H groups in total. The van der Waals surface area contributed by atoms with Crippen molar-refractivity contribution in [1.29, 1.82) is 0 Å². The Hall–Kier alpha value is -3.96. The van der Waals surface area contributed by atoms with E-state index in [1.807, 2.05) is 12.1 Å². The quantitative estimate of drug-likeness (QED) is 0.162. The summed E-state index contributed by atoms with van der Waals surface area (Å²) in [5.41, 5.74) is 3.52. The second-order valence-electron chi connectivity index (χ2n) is 12.2. The van der Waals surface area contributed by atoms with E-state index in [-0.39, 0.29) is 48.6 Å². The van der Waals surface area contributed by atoms with E-state index >= 15 is 0 Å². The fourth-order valence-corrected chi connectivity index (χ4v) is 5.18. The molecule has 0 saturated carbocycles. The van der Waals surface area contributed by atoms with Gasteiger partial charge >= 0.3 is 5.97 Å². The van der Waals surface area contributed by atoms with Crippen molar-refractivity contribution in [2.45, 2.75) is 50.7 Å². The summed E-state index contributed by atoms with van der Waals surface area (Å²) in [6, 6.07) is 3.80. The number of amides is 3. The van der Waals surface area contributed by atoms with Crippen LogP contribution in [-0.4, -0.2) is 123 Å². The second-order valence-corrected chi connectivity index (χ2v) is 12.2. The van der Waals surface area contributed by atoms with Crippen LogP contribution in [0.1, 0.15) is 47.9 Å². The van der Waals surface area contributed by atoms with E-state index in [0.717, 1.165) is 67.5 Å². The van der Waals surface area contributed by atoms with Gasteiger partial charge in [-0.15, -0.1) is 24.8 Å². The Bertz CT molecular complexity index is 1550. The van der Waals surface area contributed by atoms with E-state index in [9.17, 15) is 19.2 Å². The highest BCUT2D eigenvalue weighted by Crippen LogP contribution is 2.22. The molecule has 0 radical (unpaired) electrons. The standard InChI is InChI=1S/C18H23N3O4.C11H10N2O3.C7H15NO2.2ClH/c1-24-7-2-8-25-15-11-21(12-15)17(23)6-3-13-9-14-4-5-16(22)20-18(14)19-10-13;14-9-3-2-8-5-7(1-4-10(15)16)6-12-11(8)13-9;1-9-3-2-4-10-7-5-8-6-7;;/h3,6,9-10,15H,2,4-5,7-8,11-12H2,1H3,(H,19,20,22);1,4-6H,2-3H2,(H,15,16)(H,12,13,14);7-8H,2-6H2,1H3;2*1H/b6-3+;4-1+;;;. The van der Waals surface area contributed by atoms with Gasteiger partial charge in [0, 0.05) is 104 Å². The topological polar surface area (TPSA) is 191 Å². The van der Waals surface area contributed by atoms with Crippen LogP contribution >= 0.6 is 24.8 Å². The lowest BCUT2D eigenvalue weighted by Crippen LogP contribution is -2.54. The number of nitrogens with zero attached hydrogens (tertiary/aromatic N) is 3. The highest BCUT2D eigenvalue weighted by atomic mass is 35.5. The number of nitrogens with one attached hydrogen (secondary N) is 3. The fraction of sp³-hybridized carbons (Fsp3) is 0.500. The van der Waals surface area contributed by atoms with Gasteiger partial charge in [0.05, 0.1) is 12.2 Å². The zero-order valence-electron chi connectivity index (χ0n) is 30.0. The summed E-state index contributed by atoms with van der Waals surface area (Å²) in [5, 5.41) is 17.0. The van der Waals surface area contributed by atoms with Gasteiger partial charge in [0.2, 0.25) is 17.7 Å². The molecule has 4 aliphatic heterocycles. The van der Waals surface area contributed by atoms with Crippen molar-refractivity contribution in [3.05, 3.63) is 58.9 Å². The summed E-state index contributed by atoms with van der Waals surface area (Å²) in [6.07, 6.45) is 13.8. The molecule has 6 heterocycles. The Morgan fingerprint density at radius 1 is 0.774 bits per heavy atom. The van der Waals surface area contributed by atoms with Crippen LogP contribution in [0.4, 0.5) is 11.6 Å². The number of anilines is 2. The van der Waals surface area contributed by atoms with Crippen molar-refractivity contribution >= 4 is 72.3 Å². The summed E-state index contributed by atoms with van der Waals surface area (Å²) in [7, 11) is 3.38. The van der Waals surface area contributed by atoms with Crippen molar-refractivity contribution in [1.82, 2.24) is 20.2 Å². The molecular formula is C36H50Cl2N6O9. The molecule has 2 aromatic heterocycles. The first-order valence-corrected chi connectivity index (χ1v) is 17.1. The normalized spacial score (nSPS) is 16.2. The largest absolute Gasteiger partial charge is 0.478 e. The summed E-state index contributed by atoms with van der Waals surface area (Å²) in [4.78, 5) is 55.0. The molecule has 0 aromatic carbocycles. The number of rotatable bonds is 14. The summed E-state index contributed by atoms with van der Waals surface area (Å²) in [6.45, 7) is 6.29. The van der Waals surface area contributed by atoms with Gasteiger partial charge in [-0.25, -0.2) is 14.8 Å². The molecule has 0 unspecified atom stereocenters. The van der Waals surface area contributed by atoms with Crippen molar-refractivity contribution < 1.29 is 43.2 Å². The van der Waals surface area contributed by atoms with Crippen molar-refractivity contribution in [3.8, 4) is 0 Å². The number of likely N-dealkylation sites (tertiary alicyclic amines) is 1. The van der Waals surface area contributed by atoms with Gasteiger partial charge in [0.1, 0.15) is 11.6 Å². The third kappa shape index (κ3) is 15.9. The molecule has 0 atom stereocenters. The first-order chi connectivity index (χ1) is 24.7. The number of pyridine rings is 2. The second kappa shape index (κ2) is 24.4. The molecule has 292 valence electrons. The Morgan fingerprint density at radius 3 is 1.72 bits per heavy atom. The maximum atomic E-state index is 12.1. The molecule has 3 amide bonds. The summed E-state index contributed by atoms with van der Waals surface area (Å²) in [5.74, 6) is 0.137. The number of carboxylic acids is 1. The smallest absolute Gasteiger partial charge is 0.328 e. The van der Waals surface area contributed by atoms with Crippen molar-refractivity contribution in [3.63, 3.8) is 0 Å². The molecule has 17 heteroatoms. The Balaban J connectivity index is 0.000000298. The van der Waals surface area contributed by atoms with Crippen molar-refractivity contribution in [2.75, 3.05) is 77.5 Å². The molecular weight excluding hydrogens is 731 g/mol. The lowest BCUT2D eigenvalue weighted by Gasteiger charge is -2.38. The number of hydrogen-bond acceptors (Lipinski definition) is 11. The fourth-order valence-electron chi connectivity index (χ4n) is 5.18. The molecule has 0 bridgehead atoms. The van der Waals surface area contributed by atoms with Crippen LogP contribution in [0.2, 0.25) is 0 Å². The number of halogens is 2. The van der Waals surface area contributed by atoms with Gasteiger partial charge in [-0.3, -0.25) is 14.4 Å². The minimum absolute atomic E-state index is 0. The number of aromatic nitrogens is 2. The van der Waals surface area contributed by atoms with Crippen LogP contribution in [0.25, 0.3) is 12.2 Å². The Kier molecular flexibility index (Phi) is 20.8. The molecule has 2 saturated heterocycles. The van der Waals surface area contributed by atoms with E-state index in [2.05, 4.69) is 25.9 Å². The molecule has 2 fully saturated rings. The average Bonchev–Trinajstić information content (AvgIpc) is 3.08. The van der Waals surface area contributed by atoms with Gasteiger partial charge in [-0.1, -0.05) is 0 Å². The lowest BCUT2D eigenvalue weighted by molar-refractivity contribution is -0.139. The Morgan fingerprint density at radius 2 is 1.26 bits per heavy atom. The van der Waals surface area contributed by atoms with E-state index in [4.69, 9.17) is 24.1 Å². The number of fused-ring (bicyclic) bond motifs is 2. The van der Waals surface area contributed by atoms with Gasteiger partial charge in [-0.2, -0.15) is 0 Å². The molecule has 2 aromatic rings. The lowest BCUT2D eigenvalue weighted by atomic mass is 10.0. The predicted octanol–water partition coefficient (Wildman–Crippen LogP) is 3.16. The van der Waals surface area contributed by atoms with Crippen molar-refractivity contribution in [2.24, 2.45) is 0 Å². The maximum absolute atomic E-state index is 12.1. The first-order valence-electron chi connectivity index (χ1n) is 17.1. The highest BCUT2D eigenvalue weighted by Gasteiger charge is 2.30. The SMILES string of the molecule is COCCCOC1CN(C(=O)/C=C/c2cnc3c(c2)CCC(=O)N3)C1.COCCCOC1CNC1.Cl.Cl.O=C(O)/C=C/c1cnc2c(c1)CCC(=O)N2. The third-order valence-electron chi connectivity index (χ3n) is 8.17. The molecule has 0 spiro atoms. The zero-order chi connectivity index (χ0) is 36.4. The monoisotopic (exact) mass is 780 g/mol. The van der Waals surface area contributed by atoms with Gasteiger partial charge in [-0.05, 0) is 72.2 Å². The number of aryl methyl sites for hydroxylation is 2. The minimum atomic E-state index is -0.994. The predicted molar refractivity (Wildman–Crippen MR) is 204 cm³/mol. The van der Waals surface area contributed by atoms with Gasteiger partial charge < -0.3 is 44.9 Å². The van der Waals surface area contributed by atoms with Crippen LogP contribution in [0.15, 0.2) is 36.7 Å². The van der Waals surface area contributed by atoms with E-state index in [1.54, 1.807) is 37.5 Å². The number of carboxylic acid groups (broad SMARTS) is 1.